The van der Waals surface area contributed by atoms with Crippen molar-refractivity contribution in [1.29, 1.82) is 0 Å². The molecule has 2 heterocycles. The minimum Gasteiger partial charge on any atom is -0.497 e. The van der Waals surface area contributed by atoms with Crippen LogP contribution in [0.1, 0.15) is 19.8 Å². The second-order valence-corrected chi connectivity index (χ2v) is 6.22. The van der Waals surface area contributed by atoms with Gasteiger partial charge in [-0.05, 0) is 61.8 Å². The van der Waals surface area contributed by atoms with E-state index in [0.29, 0.717) is 17.4 Å². The van der Waals surface area contributed by atoms with Crippen molar-refractivity contribution >= 4 is 12.2 Å². The van der Waals surface area contributed by atoms with E-state index in [1.807, 2.05) is 24.3 Å². The molecule has 0 amide bonds. The Balaban J connectivity index is 1.76. The molecule has 0 bridgehead atoms. The second kappa shape index (κ2) is 6.62. The third-order valence-corrected chi connectivity index (χ3v) is 4.31. The molecule has 118 valence electrons. The van der Waals surface area contributed by atoms with E-state index in [4.69, 9.17) is 21.4 Å². The molecule has 1 aromatic heterocycles. The summed E-state index contributed by atoms with van der Waals surface area (Å²) in [5, 5.41) is 4.52. The van der Waals surface area contributed by atoms with E-state index in [0.717, 1.165) is 30.3 Å². The normalized spacial score (nSPS) is 19.3. The smallest absolute Gasteiger partial charge is 0.288 e. The van der Waals surface area contributed by atoms with Crippen LogP contribution in [0.25, 0.3) is 11.5 Å². The van der Waals surface area contributed by atoms with Crippen LogP contribution < -0.4 is 4.74 Å². The van der Waals surface area contributed by atoms with E-state index >= 15 is 0 Å². The maximum absolute atomic E-state index is 5.64. The van der Waals surface area contributed by atoms with Gasteiger partial charge < -0.3 is 9.15 Å². The number of aromatic nitrogens is 2. The molecule has 0 N–H and O–H groups in total. The molecule has 1 aliphatic heterocycles. The first-order valence-corrected chi connectivity index (χ1v) is 8.01. The standard InChI is InChI=1S/C16H21N3O2S/c1-12-4-3-9-18(10-12)11-19-16(22)21-15(17-19)13-5-7-14(20-2)8-6-13/h5-8,12H,3-4,9-11H2,1-2H3/t12-/m1/s1. The van der Waals surface area contributed by atoms with Gasteiger partial charge in [0.05, 0.1) is 13.8 Å². The first-order valence-electron chi connectivity index (χ1n) is 7.60. The molecule has 1 aliphatic rings. The van der Waals surface area contributed by atoms with Gasteiger partial charge in [0.1, 0.15) is 5.75 Å². The average molecular weight is 319 g/mol. The molecule has 0 radical (unpaired) electrons. The van der Waals surface area contributed by atoms with Gasteiger partial charge in [0, 0.05) is 12.1 Å². The lowest BCUT2D eigenvalue weighted by Crippen LogP contribution is -2.36. The lowest BCUT2D eigenvalue weighted by atomic mass is 10.0. The zero-order valence-corrected chi connectivity index (χ0v) is 13.8. The molecule has 0 aliphatic carbocycles. The van der Waals surface area contributed by atoms with Gasteiger partial charge in [0.25, 0.3) is 4.84 Å². The SMILES string of the molecule is COc1ccc(-c2nn(CN3CCC[C@@H](C)C3)c(=S)o2)cc1. The summed E-state index contributed by atoms with van der Waals surface area (Å²) in [5.41, 5.74) is 0.901. The molecule has 0 unspecified atom stereocenters. The summed E-state index contributed by atoms with van der Waals surface area (Å²) >= 11 is 5.30. The van der Waals surface area contributed by atoms with Crippen LogP contribution in [-0.4, -0.2) is 34.9 Å². The predicted octanol–water partition coefficient (Wildman–Crippen LogP) is 3.57. The van der Waals surface area contributed by atoms with Crippen molar-refractivity contribution in [3.63, 3.8) is 0 Å². The molecule has 1 saturated heterocycles. The molecular formula is C16H21N3O2S. The fourth-order valence-electron chi connectivity index (χ4n) is 2.85. The molecule has 22 heavy (non-hydrogen) atoms. The van der Waals surface area contributed by atoms with Gasteiger partial charge in [-0.25, -0.2) is 4.68 Å². The van der Waals surface area contributed by atoms with Crippen LogP contribution in [0, 0.1) is 10.8 Å². The van der Waals surface area contributed by atoms with Crippen molar-refractivity contribution in [3.05, 3.63) is 29.1 Å². The molecule has 2 aromatic rings. The molecule has 1 atom stereocenters. The molecule has 0 spiro atoms. The molecule has 5 nitrogen and oxygen atoms in total. The van der Waals surface area contributed by atoms with Gasteiger partial charge in [-0.15, -0.1) is 5.10 Å². The van der Waals surface area contributed by atoms with Gasteiger partial charge in [0.2, 0.25) is 5.89 Å². The molecule has 1 fully saturated rings. The summed E-state index contributed by atoms with van der Waals surface area (Å²) in [7, 11) is 1.65. The van der Waals surface area contributed by atoms with Crippen LogP contribution in [0.4, 0.5) is 0 Å². The Morgan fingerprint density at radius 1 is 1.36 bits per heavy atom. The first kappa shape index (κ1) is 15.2. The van der Waals surface area contributed by atoms with Crippen LogP contribution in [0.2, 0.25) is 0 Å². The summed E-state index contributed by atoms with van der Waals surface area (Å²) in [5.74, 6) is 2.10. The van der Waals surface area contributed by atoms with E-state index < -0.39 is 0 Å². The van der Waals surface area contributed by atoms with Crippen molar-refractivity contribution in [1.82, 2.24) is 14.7 Å². The molecule has 3 rings (SSSR count). The lowest BCUT2D eigenvalue weighted by molar-refractivity contribution is 0.136. The van der Waals surface area contributed by atoms with Gasteiger partial charge in [-0.1, -0.05) is 6.92 Å². The Morgan fingerprint density at radius 3 is 2.82 bits per heavy atom. The number of hydrogen-bond donors (Lipinski definition) is 0. The minimum absolute atomic E-state index is 0.420. The van der Waals surface area contributed by atoms with Gasteiger partial charge >= 0.3 is 0 Å². The molecule has 6 heteroatoms. The van der Waals surface area contributed by atoms with E-state index in [1.165, 1.54) is 12.8 Å². The maximum Gasteiger partial charge on any atom is 0.288 e. The fraction of sp³-hybridized carbons (Fsp3) is 0.500. The number of benzene rings is 1. The Labute approximate surface area is 135 Å². The Hall–Kier alpha value is -1.66. The predicted molar refractivity (Wildman–Crippen MR) is 87.3 cm³/mol. The number of methoxy groups -OCH3 is 1. The molecule has 1 aromatic carbocycles. The Bertz CT molecular complexity index is 677. The number of nitrogens with zero attached hydrogens (tertiary/aromatic N) is 3. The van der Waals surface area contributed by atoms with Crippen LogP contribution in [-0.2, 0) is 6.67 Å². The first-order chi connectivity index (χ1) is 10.7. The highest BCUT2D eigenvalue weighted by Crippen LogP contribution is 2.22. The highest BCUT2D eigenvalue weighted by atomic mass is 32.1. The summed E-state index contributed by atoms with van der Waals surface area (Å²) in [6.07, 6.45) is 2.54. The topological polar surface area (TPSA) is 43.4 Å². The summed E-state index contributed by atoms with van der Waals surface area (Å²) in [6.45, 7) is 5.17. The van der Waals surface area contributed by atoms with Crippen molar-refractivity contribution in [3.8, 4) is 17.2 Å². The monoisotopic (exact) mass is 319 g/mol. The quantitative estimate of drug-likeness (QED) is 0.806. The fourth-order valence-corrected chi connectivity index (χ4v) is 3.03. The third kappa shape index (κ3) is 3.39. The van der Waals surface area contributed by atoms with E-state index in [1.54, 1.807) is 11.8 Å². The number of likely N-dealkylation sites (tertiary alicyclic amines) is 1. The number of piperidine rings is 1. The number of rotatable bonds is 4. The number of ether oxygens (including phenoxy) is 1. The second-order valence-electron chi connectivity index (χ2n) is 5.87. The Kier molecular flexibility index (Phi) is 4.59. The Morgan fingerprint density at radius 2 is 2.14 bits per heavy atom. The highest BCUT2D eigenvalue weighted by molar-refractivity contribution is 7.71. The van der Waals surface area contributed by atoms with E-state index in [9.17, 15) is 0 Å². The summed E-state index contributed by atoms with van der Waals surface area (Å²) in [4.78, 5) is 2.80. The summed E-state index contributed by atoms with van der Waals surface area (Å²) in [6, 6.07) is 7.62. The largest absolute Gasteiger partial charge is 0.497 e. The van der Waals surface area contributed by atoms with Gasteiger partial charge in [0.15, 0.2) is 0 Å². The van der Waals surface area contributed by atoms with Crippen LogP contribution in [0.5, 0.6) is 5.75 Å². The minimum atomic E-state index is 0.420. The number of hydrogen-bond acceptors (Lipinski definition) is 5. The van der Waals surface area contributed by atoms with Gasteiger partial charge in [-0.2, -0.15) is 0 Å². The van der Waals surface area contributed by atoms with Crippen LogP contribution in [0.15, 0.2) is 28.7 Å². The molecule has 0 saturated carbocycles. The zero-order valence-electron chi connectivity index (χ0n) is 13.0. The zero-order chi connectivity index (χ0) is 15.5. The van der Waals surface area contributed by atoms with Crippen molar-refractivity contribution in [2.24, 2.45) is 5.92 Å². The molecular weight excluding hydrogens is 298 g/mol. The van der Waals surface area contributed by atoms with Crippen molar-refractivity contribution < 1.29 is 9.15 Å². The van der Waals surface area contributed by atoms with Gasteiger partial charge in [-0.3, -0.25) is 4.90 Å². The third-order valence-electron chi connectivity index (χ3n) is 4.02. The van der Waals surface area contributed by atoms with Crippen molar-refractivity contribution in [2.75, 3.05) is 20.2 Å². The maximum atomic E-state index is 5.64. The average Bonchev–Trinajstić information content (AvgIpc) is 2.88. The summed E-state index contributed by atoms with van der Waals surface area (Å²) < 4.78 is 12.6. The van der Waals surface area contributed by atoms with Crippen LogP contribution in [0.3, 0.4) is 0 Å². The van der Waals surface area contributed by atoms with Crippen molar-refractivity contribution in [2.45, 2.75) is 26.4 Å². The van der Waals surface area contributed by atoms with E-state index in [2.05, 4.69) is 16.9 Å². The lowest BCUT2D eigenvalue weighted by Gasteiger charge is -2.30. The van der Waals surface area contributed by atoms with E-state index in [-0.39, 0.29) is 0 Å². The highest BCUT2D eigenvalue weighted by Gasteiger charge is 2.18. The van der Waals surface area contributed by atoms with Crippen LogP contribution >= 0.6 is 12.2 Å².